The number of nitrogens with zero attached hydrogens (tertiary/aromatic N) is 2. The first kappa shape index (κ1) is 25.0. The van der Waals surface area contributed by atoms with Crippen LogP contribution < -0.4 is 5.32 Å². The maximum absolute atomic E-state index is 12.7. The van der Waals surface area contributed by atoms with E-state index in [0.717, 1.165) is 58.2 Å². The van der Waals surface area contributed by atoms with Gasteiger partial charge in [-0.25, -0.2) is 0 Å². The number of rotatable bonds is 14. The number of hydrogen-bond acceptors (Lipinski definition) is 5. The molecule has 0 radical (unpaired) electrons. The van der Waals surface area contributed by atoms with Crippen LogP contribution in [0.1, 0.15) is 68.1 Å². The fraction of sp³-hybridized carbons (Fsp3) is 0.625. The Labute approximate surface area is 186 Å². The summed E-state index contributed by atoms with van der Waals surface area (Å²) in [6.07, 6.45) is 11.8. The molecule has 1 aliphatic carbocycles. The van der Waals surface area contributed by atoms with E-state index in [1.165, 1.54) is 43.5 Å². The van der Waals surface area contributed by atoms with Crippen LogP contribution in [0.4, 0.5) is 5.69 Å². The molecule has 0 unspecified atom stereocenters. The number of hydrogen-bond donors (Lipinski definition) is 1. The van der Waals surface area contributed by atoms with Gasteiger partial charge in [-0.2, -0.15) is 0 Å². The molecule has 1 aromatic rings. The third-order valence-electron chi connectivity index (χ3n) is 5.96. The summed E-state index contributed by atoms with van der Waals surface area (Å²) in [6, 6.07) is 6.01. The number of non-ortho nitro benzene ring substituents is 1. The highest BCUT2D eigenvalue weighted by atomic mass is 16.6. The molecule has 7 heteroatoms. The molecule has 0 aliphatic heterocycles. The summed E-state index contributed by atoms with van der Waals surface area (Å²) < 4.78 is 6.06. The minimum Gasteiger partial charge on any atom is -0.378 e. The second kappa shape index (κ2) is 13.9. The molecule has 1 aliphatic rings. The van der Waals surface area contributed by atoms with E-state index >= 15 is 0 Å². The lowest BCUT2D eigenvalue weighted by Gasteiger charge is -2.34. The maximum atomic E-state index is 12.7. The Kier molecular flexibility index (Phi) is 11.2. The SMILES string of the molecule is C=CCCNCCCCCCOC1CCC(N(C)C(=O)c2ccc([N+](=O)[O-])cc2)CC1. The molecule has 172 valence electrons. The Morgan fingerprint density at radius 2 is 1.84 bits per heavy atom. The van der Waals surface area contributed by atoms with Crippen molar-refractivity contribution in [3.05, 3.63) is 52.6 Å². The summed E-state index contributed by atoms with van der Waals surface area (Å²) >= 11 is 0. The molecule has 0 saturated heterocycles. The van der Waals surface area contributed by atoms with E-state index in [-0.39, 0.29) is 17.6 Å². The van der Waals surface area contributed by atoms with Gasteiger partial charge in [0.25, 0.3) is 11.6 Å². The Morgan fingerprint density at radius 3 is 2.48 bits per heavy atom. The van der Waals surface area contributed by atoms with Crippen LogP contribution in [0.5, 0.6) is 0 Å². The lowest BCUT2D eigenvalue weighted by molar-refractivity contribution is -0.384. The van der Waals surface area contributed by atoms with Gasteiger partial charge < -0.3 is 15.0 Å². The van der Waals surface area contributed by atoms with Crippen LogP contribution in [-0.4, -0.2) is 54.6 Å². The fourth-order valence-electron chi connectivity index (χ4n) is 3.98. The summed E-state index contributed by atoms with van der Waals surface area (Å²) in [5.74, 6) is -0.0850. The zero-order valence-corrected chi connectivity index (χ0v) is 18.8. The largest absolute Gasteiger partial charge is 0.378 e. The normalized spacial score (nSPS) is 18.5. The third-order valence-corrected chi connectivity index (χ3v) is 5.96. The van der Waals surface area contributed by atoms with Crippen LogP contribution >= 0.6 is 0 Å². The maximum Gasteiger partial charge on any atom is 0.269 e. The fourth-order valence-corrected chi connectivity index (χ4v) is 3.98. The molecule has 31 heavy (non-hydrogen) atoms. The van der Waals surface area contributed by atoms with Gasteiger partial charge in [0.2, 0.25) is 0 Å². The number of ether oxygens (including phenoxy) is 1. The van der Waals surface area contributed by atoms with Gasteiger partial charge in [0, 0.05) is 37.4 Å². The summed E-state index contributed by atoms with van der Waals surface area (Å²) in [7, 11) is 1.82. The van der Waals surface area contributed by atoms with E-state index in [1.54, 1.807) is 4.90 Å². The van der Waals surface area contributed by atoms with Crippen LogP contribution in [0.25, 0.3) is 0 Å². The van der Waals surface area contributed by atoms with Crippen molar-refractivity contribution in [2.75, 3.05) is 26.7 Å². The molecular formula is C24H37N3O4. The molecule has 0 heterocycles. The Morgan fingerprint density at radius 1 is 1.16 bits per heavy atom. The monoisotopic (exact) mass is 431 g/mol. The molecule has 0 bridgehead atoms. The summed E-state index contributed by atoms with van der Waals surface area (Å²) in [5.41, 5.74) is 0.486. The van der Waals surface area contributed by atoms with Crippen molar-refractivity contribution in [2.24, 2.45) is 0 Å². The molecular weight excluding hydrogens is 394 g/mol. The number of carbonyl (C=O) groups excluding carboxylic acids is 1. The Bertz CT molecular complexity index is 685. The van der Waals surface area contributed by atoms with Crippen LogP contribution in [0, 0.1) is 10.1 Å². The lowest BCUT2D eigenvalue weighted by atomic mass is 9.91. The quantitative estimate of drug-likeness (QED) is 0.199. The van der Waals surface area contributed by atoms with Crippen molar-refractivity contribution in [3.8, 4) is 0 Å². The van der Waals surface area contributed by atoms with Crippen LogP contribution in [0.3, 0.4) is 0 Å². The summed E-state index contributed by atoms with van der Waals surface area (Å²) in [5, 5.41) is 14.2. The summed E-state index contributed by atoms with van der Waals surface area (Å²) in [6.45, 7) is 6.63. The molecule has 7 nitrogen and oxygen atoms in total. The number of nitrogens with one attached hydrogen (secondary N) is 1. The van der Waals surface area contributed by atoms with Gasteiger partial charge in [-0.15, -0.1) is 6.58 Å². The third kappa shape index (κ3) is 8.79. The zero-order chi connectivity index (χ0) is 22.5. The second-order valence-corrected chi connectivity index (χ2v) is 8.26. The first-order chi connectivity index (χ1) is 15.0. The lowest BCUT2D eigenvalue weighted by Crippen LogP contribution is -2.40. The van der Waals surface area contributed by atoms with Gasteiger partial charge in [-0.1, -0.05) is 18.9 Å². The average molecular weight is 432 g/mol. The van der Waals surface area contributed by atoms with E-state index < -0.39 is 4.92 Å². The van der Waals surface area contributed by atoms with Gasteiger partial charge in [0.1, 0.15) is 0 Å². The number of unbranched alkanes of at least 4 members (excludes halogenated alkanes) is 3. The van der Waals surface area contributed by atoms with Crippen molar-refractivity contribution < 1.29 is 14.5 Å². The highest BCUT2D eigenvalue weighted by molar-refractivity contribution is 5.94. The topological polar surface area (TPSA) is 84.7 Å². The molecule has 2 rings (SSSR count). The van der Waals surface area contributed by atoms with E-state index in [9.17, 15) is 14.9 Å². The van der Waals surface area contributed by atoms with E-state index in [2.05, 4.69) is 11.9 Å². The van der Waals surface area contributed by atoms with Gasteiger partial charge in [0.15, 0.2) is 0 Å². The van der Waals surface area contributed by atoms with Crippen molar-refractivity contribution >= 4 is 11.6 Å². The number of amides is 1. The molecule has 0 spiro atoms. The van der Waals surface area contributed by atoms with Crippen LogP contribution in [-0.2, 0) is 4.74 Å². The van der Waals surface area contributed by atoms with Crippen molar-refractivity contribution in [1.29, 1.82) is 0 Å². The highest BCUT2D eigenvalue weighted by Crippen LogP contribution is 2.26. The molecule has 0 atom stereocenters. The standard InChI is InChI=1S/C24H37N3O4/c1-3-4-17-25-18-7-5-6-8-19-31-23-15-13-21(14-16-23)26(2)24(28)20-9-11-22(12-10-20)27(29)30/h3,9-12,21,23,25H,1,4-8,13-19H2,2H3. The predicted octanol–water partition coefficient (Wildman–Crippen LogP) is 4.72. The van der Waals surface area contributed by atoms with Crippen molar-refractivity contribution in [2.45, 2.75) is 69.9 Å². The van der Waals surface area contributed by atoms with Gasteiger partial charge in [0.05, 0.1) is 11.0 Å². The first-order valence-corrected chi connectivity index (χ1v) is 11.5. The highest BCUT2D eigenvalue weighted by Gasteiger charge is 2.27. The minimum absolute atomic E-state index is 0.00274. The smallest absolute Gasteiger partial charge is 0.269 e. The van der Waals surface area contributed by atoms with Gasteiger partial charge in [-0.05, 0) is 70.2 Å². The Balaban J connectivity index is 1.58. The number of nitro benzene ring substituents is 1. The zero-order valence-electron chi connectivity index (χ0n) is 18.8. The van der Waals surface area contributed by atoms with Crippen molar-refractivity contribution in [3.63, 3.8) is 0 Å². The first-order valence-electron chi connectivity index (χ1n) is 11.5. The molecule has 1 N–H and O–H groups in total. The van der Waals surface area contributed by atoms with E-state index in [4.69, 9.17) is 4.74 Å². The van der Waals surface area contributed by atoms with E-state index in [0.29, 0.717) is 11.7 Å². The Hall–Kier alpha value is -2.25. The van der Waals surface area contributed by atoms with Gasteiger partial charge >= 0.3 is 0 Å². The molecule has 1 amide bonds. The number of nitro groups is 1. The number of benzene rings is 1. The molecule has 1 fully saturated rings. The molecule has 1 saturated carbocycles. The van der Waals surface area contributed by atoms with E-state index in [1.807, 2.05) is 13.1 Å². The van der Waals surface area contributed by atoms with Crippen molar-refractivity contribution in [1.82, 2.24) is 10.2 Å². The minimum atomic E-state index is -0.456. The predicted molar refractivity (Wildman–Crippen MR) is 123 cm³/mol. The van der Waals surface area contributed by atoms with Crippen LogP contribution in [0.2, 0.25) is 0 Å². The summed E-state index contributed by atoms with van der Waals surface area (Å²) in [4.78, 5) is 24.8. The average Bonchev–Trinajstić information content (AvgIpc) is 2.80. The second-order valence-electron chi connectivity index (χ2n) is 8.26. The molecule has 1 aromatic carbocycles. The number of carbonyl (C=O) groups is 1. The molecule has 0 aromatic heterocycles. The van der Waals surface area contributed by atoms with Crippen LogP contribution in [0.15, 0.2) is 36.9 Å². The van der Waals surface area contributed by atoms with Gasteiger partial charge in [-0.3, -0.25) is 14.9 Å².